The Bertz CT molecular complexity index is 524. The van der Waals surface area contributed by atoms with Crippen molar-refractivity contribution in [2.24, 2.45) is 0 Å². The lowest BCUT2D eigenvalue weighted by atomic mass is 10.2. The lowest BCUT2D eigenvalue weighted by Crippen LogP contribution is -2.26. The van der Waals surface area contributed by atoms with E-state index in [0.717, 1.165) is 29.1 Å². The Morgan fingerprint density at radius 2 is 2.37 bits per heavy atom. The van der Waals surface area contributed by atoms with Crippen molar-refractivity contribution < 1.29 is 4.79 Å². The minimum atomic E-state index is 0.0447. The predicted octanol–water partition coefficient (Wildman–Crippen LogP) is 2.14. The molecule has 19 heavy (non-hydrogen) atoms. The third-order valence-electron chi connectivity index (χ3n) is 2.64. The summed E-state index contributed by atoms with van der Waals surface area (Å²) < 4.78 is 0. The molecule has 2 aromatic heterocycles. The van der Waals surface area contributed by atoms with Gasteiger partial charge in [-0.1, -0.05) is 6.07 Å². The molecule has 0 saturated carbocycles. The first kappa shape index (κ1) is 13.7. The third kappa shape index (κ3) is 4.79. The molecule has 0 fully saturated rings. The Balaban J connectivity index is 1.64. The van der Waals surface area contributed by atoms with Crippen molar-refractivity contribution in [3.05, 3.63) is 46.2 Å². The lowest BCUT2D eigenvalue weighted by molar-refractivity contribution is -0.120. The minimum absolute atomic E-state index is 0.0447. The Morgan fingerprint density at radius 3 is 3.05 bits per heavy atom. The van der Waals surface area contributed by atoms with Crippen molar-refractivity contribution in [3.8, 4) is 0 Å². The van der Waals surface area contributed by atoms with Crippen LogP contribution < -0.4 is 5.32 Å². The van der Waals surface area contributed by atoms with Crippen LogP contribution in [0, 0.1) is 6.92 Å². The summed E-state index contributed by atoms with van der Waals surface area (Å²) in [6.45, 7) is 2.69. The predicted molar refractivity (Wildman–Crippen MR) is 76.1 cm³/mol. The highest BCUT2D eigenvalue weighted by atomic mass is 32.1. The van der Waals surface area contributed by atoms with E-state index >= 15 is 0 Å². The van der Waals surface area contributed by atoms with Gasteiger partial charge in [-0.2, -0.15) is 0 Å². The van der Waals surface area contributed by atoms with Gasteiger partial charge in [0.05, 0.1) is 11.4 Å². The third-order valence-corrected chi connectivity index (χ3v) is 3.67. The second-order valence-electron chi connectivity index (χ2n) is 4.37. The van der Waals surface area contributed by atoms with E-state index in [1.807, 2.05) is 19.1 Å². The molecule has 2 heterocycles. The first-order valence-electron chi connectivity index (χ1n) is 6.30. The number of hydrogen-bond acceptors (Lipinski definition) is 4. The van der Waals surface area contributed by atoms with Gasteiger partial charge in [-0.25, -0.2) is 4.98 Å². The molecule has 0 aliphatic carbocycles. The van der Waals surface area contributed by atoms with E-state index in [0.29, 0.717) is 13.0 Å². The molecule has 0 aromatic carbocycles. The zero-order valence-corrected chi connectivity index (χ0v) is 11.7. The van der Waals surface area contributed by atoms with Crippen LogP contribution in [0.5, 0.6) is 0 Å². The Hall–Kier alpha value is -1.75. The normalized spacial score (nSPS) is 10.4. The van der Waals surface area contributed by atoms with Gasteiger partial charge in [0, 0.05) is 36.4 Å². The van der Waals surface area contributed by atoms with Crippen molar-refractivity contribution in [2.45, 2.75) is 26.2 Å². The molecular formula is C14H17N3OS. The highest BCUT2D eigenvalue weighted by Gasteiger charge is 2.03. The van der Waals surface area contributed by atoms with Crippen molar-refractivity contribution in [1.29, 1.82) is 0 Å². The maximum Gasteiger partial charge on any atom is 0.224 e. The molecule has 2 rings (SSSR count). The lowest BCUT2D eigenvalue weighted by Gasteiger charge is -2.04. The van der Waals surface area contributed by atoms with Crippen LogP contribution in [0.15, 0.2) is 29.9 Å². The van der Waals surface area contributed by atoms with Crippen LogP contribution >= 0.6 is 11.3 Å². The monoisotopic (exact) mass is 275 g/mol. The molecule has 0 spiro atoms. The van der Waals surface area contributed by atoms with Crippen molar-refractivity contribution in [3.63, 3.8) is 0 Å². The molecular weight excluding hydrogens is 258 g/mol. The number of aromatic nitrogens is 2. The van der Waals surface area contributed by atoms with E-state index < -0.39 is 0 Å². The van der Waals surface area contributed by atoms with Gasteiger partial charge in [-0.3, -0.25) is 9.78 Å². The molecule has 0 unspecified atom stereocenters. The summed E-state index contributed by atoms with van der Waals surface area (Å²) >= 11 is 1.68. The quantitative estimate of drug-likeness (QED) is 0.822. The molecule has 0 radical (unpaired) electrons. The fourth-order valence-electron chi connectivity index (χ4n) is 1.74. The standard InChI is InChI=1S/C14H17N3OS/c1-11-10-19-14(17-11)5-3-7-16-13(18)8-12-4-2-6-15-9-12/h2,4,6,9-10H,3,5,7-8H2,1H3,(H,16,18). The number of pyridine rings is 1. The molecule has 0 aliphatic rings. The van der Waals surface area contributed by atoms with Crippen molar-refractivity contribution in [1.82, 2.24) is 15.3 Å². The SMILES string of the molecule is Cc1csc(CCCNC(=O)Cc2cccnc2)n1. The van der Waals surface area contributed by atoms with Crippen LogP contribution in [0.1, 0.15) is 22.7 Å². The number of aryl methyl sites for hydroxylation is 2. The van der Waals surface area contributed by atoms with E-state index in [9.17, 15) is 4.79 Å². The van der Waals surface area contributed by atoms with Crippen molar-refractivity contribution >= 4 is 17.2 Å². The first-order chi connectivity index (χ1) is 9.24. The summed E-state index contributed by atoms with van der Waals surface area (Å²) in [5.74, 6) is 0.0447. The van der Waals surface area contributed by atoms with Gasteiger partial charge in [-0.05, 0) is 25.0 Å². The molecule has 0 saturated heterocycles. The topological polar surface area (TPSA) is 54.9 Å². The summed E-state index contributed by atoms with van der Waals surface area (Å²) in [6.07, 6.45) is 5.66. The second kappa shape index (κ2) is 6.99. The zero-order valence-electron chi connectivity index (χ0n) is 10.9. The van der Waals surface area contributed by atoms with Crippen molar-refractivity contribution in [2.75, 3.05) is 6.54 Å². The van der Waals surface area contributed by atoms with E-state index in [2.05, 4.69) is 20.7 Å². The molecule has 5 heteroatoms. The van der Waals surface area contributed by atoms with Gasteiger partial charge in [0.2, 0.25) is 5.91 Å². The molecule has 0 atom stereocenters. The largest absolute Gasteiger partial charge is 0.356 e. The van der Waals surface area contributed by atoms with Gasteiger partial charge in [-0.15, -0.1) is 11.3 Å². The molecule has 1 amide bonds. The van der Waals surface area contributed by atoms with E-state index in [4.69, 9.17) is 0 Å². The summed E-state index contributed by atoms with van der Waals surface area (Å²) in [4.78, 5) is 20.1. The highest BCUT2D eigenvalue weighted by molar-refractivity contribution is 7.09. The summed E-state index contributed by atoms with van der Waals surface area (Å²) in [5, 5.41) is 6.11. The smallest absolute Gasteiger partial charge is 0.224 e. The van der Waals surface area contributed by atoms with Gasteiger partial charge in [0.25, 0.3) is 0 Å². The molecule has 1 N–H and O–H groups in total. The number of rotatable bonds is 6. The van der Waals surface area contributed by atoms with Crippen LogP contribution in [0.4, 0.5) is 0 Å². The van der Waals surface area contributed by atoms with Crippen LogP contribution in [0.2, 0.25) is 0 Å². The first-order valence-corrected chi connectivity index (χ1v) is 7.18. The Kier molecular flexibility index (Phi) is 5.03. The molecule has 0 bridgehead atoms. The minimum Gasteiger partial charge on any atom is -0.356 e. The van der Waals surface area contributed by atoms with Gasteiger partial charge in [0.1, 0.15) is 0 Å². The maximum absolute atomic E-state index is 11.7. The van der Waals surface area contributed by atoms with Gasteiger partial charge < -0.3 is 5.32 Å². The Labute approximate surface area is 116 Å². The summed E-state index contributed by atoms with van der Waals surface area (Å²) in [5.41, 5.74) is 2.01. The van der Waals surface area contributed by atoms with Gasteiger partial charge in [0.15, 0.2) is 0 Å². The van der Waals surface area contributed by atoms with Crippen LogP contribution in [0.3, 0.4) is 0 Å². The average molecular weight is 275 g/mol. The Morgan fingerprint density at radius 1 is 1.47 bits per heavy atom. The molecule has 0 aliphatic heterocycles. The maximum atomic E-state index is 11.7. The number of carbonyl (C=O) groups excluding carboxylic acids is 1. The number of nitrogens with zero attached hydrogens (tertiary/aromatic N) is 2. The number of amides is 1. The highest BCUT2D eigenvalue weighted by Crippen LogP contribution is 2.10. The number of nitrogens with one attached hydrogen (secondary N) is 1. The molecule has 4 nitrogen and oxygen atoms in total. The zero-order chi connectivity index (χ0) is 13.5. The van der Waals surface area contributed by atoms with E-state index in [-0.39, 0.29) is 5.91 Å². The second-order valence-corrected chi connectivity index (χ2v) is 5.32. The fourth-order valence-corrected chi connectivity index (χ4v) is 2.55. The number of thiazole rings is 1. The molecule has 100 valence electrons. The van der Waals surface area contributed by atoms with E-state index in [1.54, 1.807) is 23.7 Å². The number of carbonyl (C=O) groups is 1. The molecule has 2 aromatic rings. The fraction of sp³-hybridized carbons (Fsp3) is 0.357. The summed E-state index contributed by atoms with van der Waals surface area (Å²) in [6, 6.07) is 3.75. The summed E-state index contributed by atoms with van der Waals surface area (Å²) in [7, 11) is 0. The van der Waals surface area contributed by atoms with E-state index in [1.165, 1.54) is 0 Å². The van der Waals surface area contributed by atoms with Gasteiger partial charge >= 0.3 is 0 Å². The van der Waals surface area contributed by atoms with Crippen LogP contribution in [0.25, 0.3) is 0 Å². The van der Waals surface area contributed by atoms with Crippen LogP contribution in [-0.4, -0.2) is 22.4 Å². The average Bonchev–Trinajstić information content (AvgIpc) is 2.82. The van der Waals surface area contributed by atoms with Crippen LogP contribution in [-0.2, 0) is 17.6 Å². The number of hydrogen-bond donors (Lipinski definition) is 1.